The van der Waals surface area contributed by atoms with Crippen molar-refractivity contribution in [2.75, 3.05) is 6.54 Å². The van der Waals surface area contributed by atoms with Gasteiger partial charge in [0.05, 0.1) is 16.0 Å². The highest BCUT2D eigenvalue weighted by atomic mass is 35.5. The van der Waals surface area contributed by atoms with Crippen LogP contribution in [0, 0.1) is 10.1 Å². The number of nitro groups is 1. The van der Waals surface area contributed by atoms with Crippen LogP contribution in [0.2, 0.25) is 10.0 Å². The Labute approximate surface area is 143 Å². The van der Waals surface area contributed by atoms with E-state index in [0.717, 1.165) is 22.0 Å². The maximum Gasteiger partial charge on any atom is 0.214 e. The largest absolute Gasteiger partial charge is 0.350 e. The second-order valence-corrected chi connectivity index (χ2v) is 6.27. The van der Waals surface area contributed by atoms with E-state index in [1.54, 1.807) is 18.2 Å². The van der Waals surface area contributed by atoms with Gasteiger partial charge in [-0.1, -0.05) is 47.5 Å². The first-order valence-corrected chi connectivity index (χ1v) is 7.83. The molecule has 1 atom stereocenters. The topological polar surface area (TPSA) is 48.1 Å². The Kier molecular flexibility index (Phi) is 4.28. The minimum absolute atomic E-state index is 0.202. The zero-order valence-electron chi connectivity index (χ0n) is 12.4. The van der Waals surface area contributed by atoms with Crippen molar-refractivity contribution in [3.63, 3.8) is 0 Å². The van der Waals surface area contributed by atoms with Crippen LogP contribution in [0.3, 0.4) is 0 Å². The first kappa shape index (κ1) is 15.8. The number of aryl methyl sites for hydroxylation is 1. The minimum atomic E-state index is -0.383. The predicted molar refractivity (Wildman–Crippen MR) is 93.1 cm³/mol. The number of rotatable bonds is 4. The molecule has 0 spiro atoms. The number of benzene rings is 2. The highest BCUT2D eigenvalue weighted by Crippen LogP contribution is 2.34. The van der Waals surface area contributed by atoms with Crippen molar-refractivity contribution in [2.45, 2.75) is 5.92 Å². The maximum absolute atomic E-state index is 11.2. The molecule has 0 fully saturated rings. The quantitative estimate of drug-likeness (QED) is 0.497. The molecule has 0 bridgehead atoms. The van der Waals surface area contributed by atoms with Crippen LogP contribution in [-0.2, 0) is 7.05 Å². The molecule has 1 heterocycles. The van der Waals surface area contributed by atoms with Gasteiger partial charge in [0.15, 0.2) is 0 Å². The van der Waals surface area contributed by atoms with Crippen molar-refractivity contribution in [1.82, 2.24) is 4.57 Å². The van der Waals surface area contributed by atoms with Crippen LogP contribution in [0.4, 0.5) is 0 Å². The Morgan fingerprint density at radius 2 is 1.91 bits per heavy atom. The van der Waals surface area contributed by atoms with Gasteiger partial charge in [-0.3, -0.25) is 10.1 Å². The first-order chi connectivity index (χ1) is 11.0. The third-order valence-corrected chi connectivity index (χ3v) is 4.72. The Morgan fingerprint density at radius 3 is 2.61 bits per heavy atom. The number of hydrogen-bond donors (Lipinski definition) is 0. The summed E-state index contributed by atoms with van der Waals surface area (Å²) in [6, 6.07) is 13.0. The van der Waals surface area contributed by atoms with Gasteiger partial charge in [-0.25, -0.2) is 0 Å². The molecule has 3 rings (SSSR count). The third-order valence-electron chi connectivity index (χ3n) is 3.98. The van der Waals surface area contributed by atoms with Gasteiger partial charge in [0.25, 0.3) is 0 Å². The summed E-state index contributed by atoms with van der Waals surface area (Å²) in [7, 11) is 1.93. The van der Waals surface area contributed by atoms with E-state index in [1.165, 1.54) is 0 Å². The van der Waals surface area contributed by atoms with Crippen molar-refractivity contribution in [1.29, 1.82) is 0 Å². The molecule has 0 saturated carbocycles. The zero-order valence-corrected chi connectivity index (χ0v) is 13.9. The summed E-state index contributed by atoms with van der Waals surface area (Å²) in [5, 5.41) is 13.0. The Balaban J connectivity index is 2.18. The molecule has 118 valence electrons. The molecular formula is C17H14Cl2N2O2. The number of halogens is 2. The van der Waals surface area contributed by atoms with Gasteiger partial charge in [0.1, 0.15) is 0 Å². The zero-order chi connectivity index (χ0) is 16.6. The van der Waals surface area contributed by atoms with Gasteiger partial charge in [-0.05, 0) is 29.3 Å². The Morgan fingerprint density at radius 1 is 1.17 bits per heavy atom. The van der Waals surface area contributed by atoms with E-state index in [4.69, 9.17) is 23.2 Å². The summed E-state index contributed by atoms with van der Waals surface area (Å²) in [5.74, 6) is -0.383. The smallest absolute Gasteiger partial charge is 0.214 e. The third kappa shape index (κ3) is 3.05. The summed E-state index contributed by atoms with van der Waals surface area (Å²) in [6.07, 6.45) is 1.95. The molecule has 1 aromatic heterocycles. The molecule has 0 N–H and O–H groups in total. The van der Waals surface area contributed by atoms with E-state index >= 15 is 0 Å². The van der Waals surface area contributed by atoms with Gasteiger partial charge >= 0.3 is 0 Å². The Hall–Kier alpha value is -2.04. The van der Waals surface area contributed by atoms with Crippen molar-refractivity contribution in [3.05, 3.63) is 79.9 Å². The molecule has 0 amide bonds. The van der Waals surface area contributed by atoms with Crippen LogP contribution >= 0.6 is 23.2 Å². The van der Waals surface area contributed by atoms with E-state index in [9.17, 15) is 10.1 Å². The predicted octanol–water partition coefficient (Wildman–Crippen LogP) is 4.89. The number of fused-ring (bicyclic) bond motifs is 1. The lowest BCUT2D eigenvalue weighted by Crippen LogP contribution is -2.13. The molecule has 6 heteroatoms. The summed E-state index contributed by atoms with van der Waals surface area (Å²) >= 11 is 12.1. The summed E-state index contributed by atoms with van der Waals surface area (Å²) in [6.45, 7) is -0.202. The Bertz CT molecular complexity index is 889. The molecule has 0 aliphatic rings. The van der Waals surface area contributed by atoms with E-state index in [0.29, 0.717) is 10.0 Å². The van der Waals surface area contributed by atoms with Crippen molar-refractivity contribution >= 4 is 34.1 Å². The van der Waals surface area contributed by atoms with Crippen LogP contribution in [0.25, 0.3) is 10.9 Å². The van der Waals surface area contributed by atoms with Crippen molar-refractivity contribution < 1.29 is 4.92 Å². The van der Waals surface area contributed by atoms with Crippen LogP contribution in [0.1, 0.15) is 17.0 Å². The van der Waals surface area contributed by atoms with Crippen molar-refractivity contribution in [2.24, 2.45) is 7.05 Å². The molecule has 4 nitrogen and oxygen atoms in total. The van der Waals surface area contributed by atoms with E-state index in [-0.39, 0.29) is 17.4 Å². The normalized spacial score (nSPS) is 12.5. The molecule has 3 aromatic rings. The van der Waals surface area contributed by atoms with Crippen LogP contribution < -0.4 is 0 Å². The van der Waals surface area contributed by atoms with E-state index < -0.39 is 0 Å². The second kappa shape index (κ2) is 6.22. The summed E-state index contributed by atoms with van der Waals surface area (Å²) in [5.41, 5.74) is 2.74. The molecule has 2 aromatic carbocycles. The molecular weight excluding hydrogens is 335 g/mol. The van der Waals surface area contributed by atoms with Gasteiger partial charge in [-0.2, -0.15) is 0 Å². The number of aromatic nitrogens is 1. The van der Waals surface area contributed by atoms with Crippen LogP contribution in [0.5, 0.6) is 0 Å². The van der Waals surface area contributed by atoms with Gasteiger partial charge in [0, 0.05) is 29.1 Å². The molecule has 0 aliphatic heterocycles. The standard InChI is InChI=1S/C17H14Cl2N2O2/c1-20-9-14(12-4-2-3-5-17(12)20)13(10-21(22)23)11-6-7-15(18)16(19)8-11/h2-9,13H,10H2,1H3. The van der Waals surface area contributed by atoms with Crippen molar-refractivity contribution in [3.8, 4) is 0 Å². The lowest BCUT2D eigenvalue weighted by atomic mass is 9.91. The molecule has 1 unspecified atom stereocenters. The van der Waals surface area contributed by atoms with Crippen LogP contribution in [-0.4, -0.2) is 16.0 Å². The molecule has 23 heavy (non-hydrogen) atoms. The van der Waals surface area contributed by atoms with Gasteiger partial charge in [-0.15, -0.1) is 0 Å². The van der Waals surface area contributed by atoms with Crippen LogP contribution in [0.15, 0.2) is 48.7 Å². The summed E-state index contributed by atoms with van der Waals surface area (Å²) < 4.78 is 1.98. The number of hydrogen-bond acceptors (Lipinski definition) is 2. The fraction of sp³-hybridized carbons (Fsp3) is 0.176. The van der Waals surface area contributed by atoms with Gasteiger partial charge in [0.2, 0.25) is 6.54 Å². The number of nitrogens with zero attached hydrogens (tertiary/aromatic N) is 2. The molecule has 0 saturated heterocycles. The van der Waals surface area contributed by atoms with E-state index in [1.807, 2.05) is 42.1 Å². The lowest BCUT2D eigenvalue weighted by Gasteiger charge is -2.14. The SMILES string of the molecule is Cn1cc(C(C[N+](=O)[O-])c2ccc(Cl)c(Cl)c2)c2ccccc21. The monoisotopic (exact) mass is 348 g/mol. The second-order valence-electron chi connectivity index (χ2n) is 5.45. The lowest BCUT2D eigenvalue weighted by molar-refractivity contribution is -0.481. The fourth-order valence-electron chi connectivity index (χ4n) is 2.91. The minimum Gasteiger partial charge on any atom is -0.350 e. The fourth-order valence-corrected chi connectivity index (χ4v) is 3.22. The molecule has 0 radical (unpaired) electrons. The highest BCUT2D eigenvalue weighted by Gasteiger charge is 2.24. The van der Waals surface area contributed by atoms with Gasteiger partial charge < -0.3 is 4.57 Å². The number of para-hydroxylation sites is 1. The first-order valence-electron chi connectivity index (χ1n) is 7.08. The maximum atomic E-state index is 11.2. The average molecular weight is 349 g/mol. The average Bonchev–Trinajstić information content (AvgIpc) is 2.85. The highest BCUT2D eigenvalue weighted by molar-refractivity contribution is 6.42. The molecule has 0 aliphatic carbocycles. The summed E-state index contributed by atoms with van der Waals surface area (Å²) in [4.78, 5) is 10.9. The van der Waals surface area contributed by atoms with E-state index in [2.05, 4.69) is 0 Å².